The summed E-state index contributed by atoms with van der Waals surface area (Å²) in [4.78, 5) is 12.7. The lowest BCUT2D eigenvalue weighted by Crippen LogP contribution is -2.25. The minimum atomic E-state index is 0.00177. The van der Waals surface area contributed by atoms with Gasteiger partial charge in [0.15, 0.2) is 0 Å². The van der Waals surface area contributed by atoms with Crippen LogP contribution >= 0.6 is 0 Å². The third kappa shape index (κ3) is 7.59. The maximum atomic E-state index is 12.7. The molecule has 0 radical (unpaired) electrons. The Balaban J connectivity index is 0.000000771. The second-order valence-corrected chi connectivity index (χ2v) is 6.24. The van der Waals surface area contributed by atoms with E-state index in [4.69, 9.17) is 9.84 Å². The molecule has 0 aliphatic heterocycles. The Labute approximate surface area is 174 Å². The van der Waals surface area contributed by atoms with Crippen LogP contribution in [0.3, 0.4) is 0 Å². The molecule has 0 unspecified atom stereocenters. The third-order valence-electron chi connectivity index (χ3n) is 4.12. The van der Waals surface area contributed by atoms with Crippen LogP contribution in [-0.4, -0.2) is 16.3 Å². The van der Waals surface area contributed by atoms with Crippen LogP contribution in [-0.2, 0) is 13.2 Å². The van der Waals surface area contributed by atoms with Gasteiger partial charge in [-0.2, -0.15) is 0 Å². The first-order valence-corrected chi connectivity index (χ1v) is 10.1. The Hall–Kier alpha value is -2.85. The SMILES string of the molecule is CC.CCO.Cc1c(OCc2ccccc2)cc(C)n(Cc2ccccc2)c1=O. The fourth-order valence-corrected chi connectivity index (χ4v) is 2.69. The number of pyridine rings is 1. The smallest absolute Gasteiger partial charge is 0.257 e. The van der Waals surface area contributed by atoms with E-state index in [1.807, 2.05) is 94.4 Å². The van der Waals surface area contributed by atoms with Crippen molar-refractivity contribution in [3.05, 3.63) is 99.5 Å². The highest BCUT2D eigenvalue weighted by Crippen LogP contribution is 2.18. The Morgan fingerprint density at radius 1 is 0.897 bits per heavy atom. The molecule has 0 saturated carbocycles. The Morgan fingerprint density at radius 3 is 1.90 bits per heavy atom. The molecular formula is C25H33NO3. The molecule has 0 atom stereocenters. The number of hydrogen-bond acceptors (Lipinski definition) is 3. The number of benzene rings is 2. The molecule has 0 bridgehead atoms. The van der Waals surface area contributed by atoms with E-state index in [0.717, 1.165) is 16.8 Å². The highest BCUT2D eigenvalue weighted by atomic mass is 16.5. The van der Waals surface area contributed by atoms with Gasteiger partial charge in [0.25, 0.3) is 5.56 Å². The van der Waals surface area contributed by atoms with E-state index >= 15 is 0 Å². The zero-order chi connectivity index (χ0) is 21.6. The van der Waals surface area contributed by atoms with Crippen LogP contribution < -0.4 is 10.3 Å². The van der Waals surface area contributed by atoms with Crippen LogP contribution in [0, 0.1) is 13.8 Å². The predicted molar refractivity (Wildman–Crippen MR) is 121 cm³/mol. The third-order valence-corrected chi connectivity index (χ3v) is 4.12. The zero-order valence-electron chi connectivity index (χ0n) is 18.2. The van der Waals surface area contributed by atoms with Gasteiger partial charge in [0.05, 0.1) is 12.1 Å². The number of ether oxygens (including phenoxy) is 1. The van der Waals surface area contributed by atoms with E-state index in [-0.39, 0.29) is 12.2 Å². The van der Waals surface area contributed by atoms with E-state index in [2.05, 4.69) is 0 Å². The van der Waals surface area contributed by atoms with E-state index < -0.39 is 0 Å². The number of aliphatic hydroxyl groups is 1. The van der Waals surface area contributed by atoms with Crippen molar-refractivity contribution in [3.8, 4) is 5.75 Å². The maximum Gasteiger partial charge on any atom is 0.257 e. The van der Waals surface area contributed by atoms with Crippen LogP contribution in [0.5, 0.6) is 5.75 Å². The van der Waals surface area contributed by atoms with Gasteiger partial charge >= 0.3 is 0 Å². The fraction of sp³-hybridized carbons (Fsp3) is 0.320. The van der Waals surface area contributed by atoms with Crippen LogP contribution in [0.4, 0.5) is 0 Å². The lowest BCUT2D eigenvalue weighted by atomic mass is 10.2. The summed E-state index contributed by atoms with van der Waals surface area (Å²) in [6.07, 6.45) is 0. The van der Waals surface area contributed by atoms with Gasteiger partial charge in [0, 0.05) is 12.3 Å². The molecule has 0 aliphatic carbocycles. The minimum Gasteiger partial charge on any atom is -0.488 e. The van der Waals surface area contributed by atoms with Gasteiger partial charge in [0.2, 0.25) is 0 Å². The largest absolute Gasteiger partial charge is 0.488 e. The average Bonchev–Trinajstić information content (AvgIpc) is 2.76. The van der Waals surface area contributed by atoms with Crippen LogP contribution in [0.2, 0.25) is 0 Å². The van der Waals surface area contributed by atoms with Crippen molar-refractivity contribution in [1.82, 2.24) is 4.57 Å². The molecule has 2 aromatic carbocycles. The molecule has 3 rings (SSSR count). The van der Waals surface area contributed by atoms with E-state index in [9.17, 15) is 4.79 Å². The molecule has 1 N–H and O–H groups in total. The van der Waals surface area contributed by atoms with Crippen molar-refractivity contribution in [1.29, 1.82) is 0 Å². The molecule has 0 spiro atoms. The van der Waals surface area contributed by atoms with Crippen LogP contribution in [0.15, 0.2) is 71.5 Å². The lowest BCUT2D eigenvalue weighted by molar-refractivity contribution is 0.302. The maximum absolute atomic E-state index is 12.7. The highest BCUT2D eigenvalue weighted by molar-refractivity contribution is 5.33. The molecule has 0 fully saturated rings. The summed E-state index contributed by atoms with van der Waals surface area (Å²) in [5.74, 6) is 0.658. The van der Waals surface area contributed by atoms with Crippen molar-refractivity contribution in [2.24, 2.45) is 0 Å². The first kappa shape index (κ1) is 24.2. The van der Waals surface area contributed by atoms with Gasteiger partial charge in [-0.15, -0.1) is 0 Å². The summed E-state index contributed by atoms with van der Waals surface area (Å²) >= 11 is 0. The van der Waals surface area contributed by atoms with Gasteiger partial charge in [-0.1, -0.05) is 74.5 Å². The van der Waals surface area contributed by atoms with Crippen LogP contribution in [0.1, 0.15) is 43.2 Å². The first-order valence-electron chi connectivity index (χ1n) is 10.1. The van der Waals surface area contributed by atoms with E-state index in [0.29, 0.717) is 24.5 Å². The Morgan fingerprint density at radius 2 is 1.38 bits per heavy atom. The van der Waals surface area contributed by atoms with E-state index in [1.54, 1.807) is 11.5 Å². The van der Waals surface area contributed by atoms with Crippen molar-refractivity contribution in [2.75, 3.05) is 6.61 Å². The van der Waals surface area contributed by atoms with Crippen LogP contribution in [0.25, 0.3) is 0 Å². The number of aromatic nitrogens is 1. The molecule has 0 saturated heterocycles. The van der Waals surface area contributed by atoms with Gasteiger partial charge < -0.3 is 14.4 Å². The normalized spacial score (nSPS) is 9.59. The predicted octanol–water partition coefficient (Wildman–Crippen LogP) is 5.12. The van der Waals surface area contributed by atoms with Crippen molar-refractivity contribution < 1.29 is 9.84 Å². The second kappa shape index (κ2) is 13.3. The van der Waals surface area contributed by atoms with Gasteiger partial charge in [-0.05, 0) is 38.0 Å². The topological polar surface area (TPSA) is 51.5 Å². The molecular weight excluding hydrogens is 362 g/mol. The van der Waals surface area contributed by atoms with Crippen molar-refractivity contribution >= 4 is 0 Å². The summed E-state index contributed by atoms with van der Waals surface area (Å²) in [6.45, 7) is 10.7. The number of nitrogens with zero attached hydrogens (tertiary/aromatic N) is 1. The molecule has 0 aliphatic rings. The Kier molecular flexibility index (Phi) is 11.1. The molecule has 0 amide bonds. The Bertz CT molecular complexity index is 887. The molecule has 4 heteroatoms. The van der Waals surface area contributed by atoms with E-state index in [1.165, 1.54) is 0 Å². The molecule has 29 heavy (non-hydrogen) atoms. The fourth-order valence-electron chi connectivity index (χ4n) is 2.69. The second-order valence-electron chi connectivity index (χ2n) is 6.24. The summed E-state index contributed by atoms with van der Waals surface area (Å²) in [5, 5.41) is 7.57. The molecule has 4 nitrogen and oxygen atoms in total. The monoisotopic (exact) mass is 395 g/mol. The highest BCUT2D eigenvalue weighted by Gasteiger charge is 2.11. The number of hydrogen-bond donors (Lipinski definition) is 1. The number of aliphatic hydroxyl groups excluding tert-OH is 1. The first-order chi connectivity index (χ1) is 14.1. The zero-order valence-corrected chi connectivity index (χ0v) is 18.2. The summed E-state index contributed by atoms with van der Waals surface area (Å²) in [6, 6.07) is 21.9. The van der Waals surface area contributed by atoms with Crippen molar-refractivity contribution in [2.45, 2.75) is 47.8 Å². The number of rotatable bonds is 5. The van der Waals surface area contributed by atoms with Gasteiger partial charge in [0.1, 0.15) is 12.4 Å². The quantitative estimate of drug-likeness (QED) is 0.652. The van der Waals surface area contributed by atoms with Gasteiger partial charge in [-0.3, -0.25) is 4.79 Å². The molecule has 3 aromatic rings. The molecule has 156 valence electrons. The summed E-state index contributed by atoms with van der Waals surface area (Å²) in [5.41, 5.74) is 3.75. The summed E-state index contributed by atoms with van der Waals surface area (Å²) < 4.78 is 7.67. The lowest BCUT2D eigenvalue weighted by Gasteiger charge is -2.15. The standard InChI is InChI=1S/C21H21NO2.C2H6O.C2H6/c1-16-13-20(24-15-19-11-7-4-8-12-19)17(2)21(23)22(16)14-18-9-5-3-6-10-18;1-2-3;1-2/h3-13H,14-15H2,1-2H3;3H,2H2,1H3;1-2H3. The average molecular weight is 396 g/mol. The molecule has 1 aromatic heterocycles. The minimum absolute atomic E-state index is 0.00177. The summed E-state index contributed by atoms with van der Waals surface area (Å²) in [7, 11) is 0. The molecule has 1 heterocycles. The van der Waals surface area contributed by atoms with Gasteiger partial charge in [-0.25, -0.2) is 0 Å². The number of aryl methyl sites for hydroxylation is 1. The van der Waals surface area contributed by atoms with Crippen molar-refractivity contribution in [3.63, 3.8) is 0 Å².